The molecule has 2 N–H and O–H groups in total. The van der Waals surface area contributed by atoms with Gasteiger partial charge in [-0.05, 0) is 42.7 Å². The number of rotatable bonds is 6. The Morgan fingerprint density at radius 1 is 1.12 bits per heavy atom. The number of fused-ring (bicyclic) bond motifs is 1. The Hall–Kier alpha value is -2.60. The molecule has 0 aliphatic heterocycles. The van der Waals surface area contributed by atoms with Crippen LogP contribution < -0.4 is 15.2 Å². The van der Waals surface area contributed by atoms with Crippen LogP contribution in [0.1, 0.15) is 20.9 Å². The first-order valence-electron chi connectivity index (χ1n) is 7.50. The monoisotopic (exact) mass is 342 g/mol. The summed E-state index contributed by atoms with van der Waals surface area (Å²) >= 11 is 1.66. The van der Waals surface area contributed by atoms with E-state index in [4.69, 9.17) is 15.2 Å². The van der Waals surface area contributed by atoms with Crippen molar-refractivity contribution in [1.82, 2.24) is 4.98 Å². The van der Waals surface area contributed by atoms with Crippen LogP contribution in [0.2, 0.25) is 0 Å². The van der Waals surface area contributed by atoms with E-state index in [0.29, 0.717) is 5.69 Å². The highest BCUT2D eigenvalue weighted by Crippen LogP contribution is 2.30. The number of amides is 1. The largest absolute Gasteiger partial charge is 0.493 e. The first-order chi connectivity index (χ1) is 11.6. The second kappa shape index (κ2) is 6.88. The first-order valence-corrected chi connectivity index (χ1v) is 8.31. The highest BCUT2D eigenvalue weighted by atomic mass is 32.1. The van der Waals surface area contributed by atoms with Crippen LogP contribution >= 0.6 is 11.3 Å². The molecule has 124 valence electrons. The number of aromatic nitrogens is 1. The number of ether oxygens (including phenoxy) is 2. The molecule has 1 aromatic carbocycles. The van der Waals surface area contributed by atoms with Gasteiger partial charge in [-0.15, -0.1) is 11.3 Å². The standard InChI is InChI=1S/C18H18N2O3S/c1-22-15-6-4-11(7-16(15)23-2)3-5-13-8-12-10-20-14(18(19)21)9-17(12)24-13/h4,6-10H,3,5H2,1-2H3,(H2,19,21). The number of hydrogen-bond acceptors (Lipinski definition) is 5. The fourth-order valence-electron chi connectivity index (χ4n) is 2.55. The zero-order valence-corrected chi connectivity index (χ0v) is 14.4. The Kier molecular flexibility index (Phi) is 4.66. The van der Waals surface area contributed by atoms with E-state index in [2.05, 4.69) is 11.1 Å². The number of primary amides is 1. The molecule has 0 fully saturated rings. The molecule has 0 aliphatic carbocycles. The SMILES string of the molecule is COc1ccc(CCc2cc3cnc(C(N)=O)cc3s2)cc1OC. The lowest BCUT2D eigenvalue weighted by Crippen LogP contribution is -2.12. The molecule has 0 aliphatic rings. The molecule has 2 aromatic heterocycles. The van der Waals surface area contributed by atoms with E-state index in [-0.39, 0.29) is 0 Å². The summed E-state index contributed by atoms with van der Waals surface area (Å²) in [5.41, 5.74) is 6.76. The Balaban J connectivity index is 1.77. The van der Waals surface area contributed by atoms with Gasteiger partial charge in [0.2, 0.25) is 0 Å². The third kappa shape index (κ3) is 3.33. The summed E-state index contributed by atoms with van der Waals surface area (Å²) in [6.45, 7) is 0. The molecule has 0 radical (unpaired) electrons. The van der Waals surface area contributed by atoms with E-state index < -0.39 is 5.91 Å². The Bertz CT molecular complexity index is 889. The van der Waals surface area contributed by atoms with Crippen LogP contribution in [0.4, 0.5) is 0 Å². The van der Waals surface area contributed by atoms with Crippen molar-refractivity contribution < 1.29 is 14.3 Å². The molecular weight excluding hydrogens is 324 g/mol. The lowest BCUT2D eigenvalue weighted by atomic mass is 10.1. The molecule has 0 unspecified atom stereocenters. The normalized spacial score (nSPS) is 10.8. The number of aryl methyl sites for hydroxylation is 2. The predicted octanol–water partition coefficient (Wildman–Crippen LogP) is 3.20. The van der Waals surface area contributed by atoms with Crippen molar-refractivity contribution >= 4 is 27.3 Å². The van der Waals surface area contributed by atoms with Crippen LogP contribution in [-0.2, 0) is 12.8 Å². The molecule has 3 aromatic rings. The van der Waals surface area contributed by atoms with Crippen molar-refractivity contribution in [3.8, 4) is 11.5 Å². The second-order valence-electron chi connectivity index (χ2n) is 5.37. The van der Waals surface area contributed by atoms with Crippen molar-refractivity contribution in [2.45, 2.75) is 12.8 Å². The van der Waals surface area contributed by atoms with E-state index in [1.54, 1.807) is 37.8 Å². The van der Waals surface area contributed by atoms with Crippen LogP contribution in [0.15, 0.2) is 36.5 Å². The zero-order chi connectivity index (χ0) is 17.1. The van der Waals surface area contributed by atoms with Gasteiger partial charge in [-0.25, -0.2) is 0 Å². The fourth-order valence-corrected chi connectivity index (χ4v) is 3.62. The number of nitrogens with zero attached hydrogens (tertiary/aromatic N) is 1. The van der Waals surface area contributed by atoms with Gasteiger partial charge in [0.15, 0.2) is 11.5 Å². The minimum Gasteiger partial charge on any atom is -0.493 e. The van der Waals surface area contributed by atoms with Crippen molar-refractivity contribution in [3.05, 3.63) is 52.7 Å². The number of carbonyl (C=O) groups excluding carboxylic acids is 1. The van der Waals surface area contributed by atoms with E-state index >= 15 is 0 Å². The zero-order valence-electron chi connectivity index (χ0n) is 13.5. The first kappa shape index (κ1) is 16.3. The number of hydrogen-bond donors (Lipinski definition) is 1. The van der Waals surface area contributed by atoms with Crippen LogP contribution in [-0.4, -0.2) is 25.1 Å². The third-order valence-corrected chi connectivity index (χ3v) is 4.97. The van der Waals surface area contributed by atoms with Gasteiger partial charge in [-0.1, -0.05) is 6.07 Å². The Labute approximate surface area is 144 Å². The molecule has 0 spiro atoms. The van der Waals surface area contributed by atoms with E-state index in [9.17, 15) is 4.79 Å². The lowest BCUT2D eigenvalue weighted by molar-refractivity contribution is 0.0996. The Morgan fingerprint density at radius 3 is 2.62 bits per heavy atom. The topological polar surface area (TPSA) is 74.4 Å². The second-order valence-corrected chi connectivity index (χ2v) is 6.54. The predicted molar refractivity (Wildman–Crippen MR) is 95.1 cm³/mol. The molecule has 3 rings (SSSR count). The number of carbonyl (C=O) groups is 1. The highest BCUT2D eigenvalue weighted by molar-refractivity contribution is 7.19. The van der Waals surface area contributed by atoms with E-state index in [1.807, 2.05) is 18.2 Å². The maximum Gasteiger partial charge on any atom is 0.267 e. The van der Waals surface area contributed by atoms with E-state index in [1.165, 1.54) is 10.4 Å². The summed E-state index contributed by atoms with van der Waals surface area (Å²) in [4.78, 5) is 16.5. The van der Waals surface area contributed by atoms with Crippen LogP contribution in [0.3, 0.4) is 0 Å². The summed E-state index contributed by atoms with van der Waals surface area (Å²) in [5.74, 6) is 0.965. The van der Waals surface area contributed by atoms with Crippen molar-refractivity contribution in [1.29, 1.82) is 0 Å². The van der Waals surface area contributed by atoms with Gasteiger partial charge in [-0.3, -0.25) is 9.78 Å². The molecule has 6 heteroatoms. The highest BCUT2D eigenvalue weighted by Gasteiger charge is 2.09. The van der Waals surface area contributed by atoms with E-state index in [0.717, 1.165) is 34.4 Å². The van der Waals surface area contributed by atoms with Crippen molar-refractivity contribution in [2.24, 2.45) is 5.73 Å². The van der Waals surface area contributed by atoms with Crippen LogP contribution in [0, 0.1) is 0 Å². The quantitative estimate of drug-likeness (QED) is 0.746. The Morgan fingerprint density at radius 2 is 1.92 bits per heavy atom. The fraction of sp³-hybridized carbons (Fsp3) is 0.222. The van der Waals surface area contributed by atoms with Crippen molar-refractivity contribution in [2.75, 3.05) is 14.2 Å². The molecule has 0 bridgehead atoms. The number of nitrogens with two attached hydrogens (primary N) is 1. The maximum absolute atomic E-state index is 11.2. The average molecular weight is 342 g/mol. The summed E-state index contributed by atoms with van der Waals surface area (Å²) in [7, 11) is 3.26. The van der Waals surface area contributed by atoms with Crippen LogP contribution in [0.5, 0.6) is 11.5 Å². The maximum atomic E-state index is 11.2. The molecule has 0 atom stereocenters. The third-order valence-electron chi connectivity index (χ3n) is 3.81. The van der Waals surface area contributed by atoms with Gasteiger partial charge in [0.25, 0.3) is 5.91 Å². The minimum absolute atomic E-state index is 0.302. The van der Waals surface area contributed by atoms with Crippen LogP contribution in [0.25, 0.3) is 10.1 Å². The van der Waals surface area contributed by atoms with Gasteiger partial charge in [0, 0.05) is 21.2 Å². The van der Waals surface area contributed by atoms with Gasteiger partial charge in [0.05, 0.1) is 14.2 Å². The number of methoxy groups -OCH3 is 2. The van der Waals surface area contributed by atoms with Gasteiger partial charge in [-0.2, -0.15) is 0 Å². The molecule has 24 heavy (non-hydrogen) atoms. The average Bonchev–Trinajstić information content (AvgIpc) is 3.01. The summed E-state index contributed by atoms with van der Waals surface area (Å²) in [5, 5.41) is 1.03. The van der Waals surface area contributed by atoms with Gasteiger partial charge >= 0.3 is 0 Å². The van der Waals surface area contributed by atoms with Gasteiger partial charge < -0.3 is 15.2 Å². The van der Waals surface area contributed by atoms with Crippen molar-refractivity contribution in [3.63, 3.8) is 0 Å². The summed E-state index contributed by atoms with van der Waals surface area (Å²) in [6, 6.07) is 9.82. The molecule has 0 saturated carbocycles. The lowest BCUT2D eigenvalue weighted by Gasteiger charge is -2.09. The summed E-state index contributed by atoms with van der Waals surface area (Å²) in [6.07, 6.45) is 3.50. The number of thiophene rings is 1. The molecule has 1 amide bonds. The molecule has 5 nitrogen and oxygen atoms in total. The molecule has 0 saturated heterocycles. The summed E-state index contributed by atoms with van der Waals surface area (Å²) < 4.78 is 11.6. The molecule has 2 heterocycles. The van der Waals surface area contributed by atoms with Gasteiger partial charge in [0.1, 0.15) is 5.69 Å². The number of benzene rings is 1. The smallest absolute Gasteiger partial charge is 0.267 e. The number of pyridine rings is 1. The molecular formula is C18H18N2O3S. The minimum atomic E-state index is -0.503.